The van der Waals surface area contributed by atoms with E-state index in [2.05, 4.69) is 5.32 Å². The summed E-state index contributed by atoms with van der Waals surface area (Å²) >= 11 is 0. The van der Waals surface area contributed by atoms with E-state index in [1.165, 1.54) is 0 Å². The highest BCUT2D eigenvalue weighted by Crippen LogP contribution is 2.45. The monoisotopic (exact) mass is 267 g/mol. The van der Waals surface area contributed by atoms with Gasteiger partial charge in [-0.3, -0.25) is 0 Å². The van der Waals surface area contributed by atoms with E-state index in [0.717, 1.165) is 29.4 Å². The van der Waals surface area contributed by atoms with Crippen LogP contribution < -0.4 is 19.5 Å². The third-order valence-corrected chi connectivity index (χ3v) is 3.52. The van der Waals surface area contributed by atoms with Gasteiger partial charge >= 0.3 is 0 Å². The van der Waals surface area contributed by atoms with Crippen molar-refractivity contribution in [3.63, 3.8) is 0 Å². The summed E-state index contributed by atoms with van der Waals surface area (Å²) < 4.78 is 21.7. The third-order valence-electron chi connectivity index (χ3n) is 3.52. The molecular formula is C14H21NO4. The smallest absolute Gasteiger partial charge is 0.130 e. The van der Waals surface area contributed by atoms with Crippen molar-refractivity contribution in [2.75, 3.05) is 48.1 Å². The van der Waals surface area contributed by atoms with Crippen molar-refractivity contribution in [2.24, 2.45) is 0 Å². The predicted molar refractivity (Wildman–Crippen MR) is 72.5 cm³/mol. The van der Waals surface area contributed by atoms with Crippen molar-refractivity contribution < 1.29 is 18.9 Å². The molecule has 1 aromatic carbocycles. The first-order chi connectivity index (χ1) is 9.20. The lowest BCUT2D eigenvalue weighted by Gasteiger charge is -2.43. The fourth-order valence-electron chi connectivity index (χ4n) is 2.55. The van der Waals surface area contributed by atoms with Crippen LogP contribution in [0.5, 0.6) is 17.2 Å². The SMILES string of the molecule is CNCC1(c2c(OC)cc(OC)cc2OC)COC1. The standard InChI is InChI=1S/C14H21NO4/c1-15-7-14(8-19-9-14)13-11(17-3)5-10(16-2)6-12(13)18-4/h5-6,15H,7-9H2,1-4H3. The van der Waals surface area contributed by atoms with E-state index in [4.69, 9.17) is 18.9 Å². The molecule has 0 atom stereocenters. The molecule has 1 aliphatic rings. The van der Waals surface area contributed by atoms with Crippen LogP contribution in [0.2, 0.25) is 0 Å². The quantitative estimate of drug-likeness (QED) is 0.839. The zero-order chi connectivity index (χ0) is 13.9. The van der Waals surface area contributed by atoms with Crippen LogP contribution in [0.3, 0.4) is 0 Å². The molecule has 0 aliphatic carbocycles. The van der Waals surface area contributed by atoms with Gasteiger partial charge in [-0.15, -0.1) is 0 Å². The molecule has 0 radical (unpaired) electrons. The molecule has 1 saturated heterocycles. The molecule has 5 heteroatoms. The van der Waals surface area contributed by atoms with Crippen LogP contribution in [0, 0.1) is 0 Å². The summed E-state index contributed by atoms with van der Waals surface area (Å²) in [7, 11) is 6.88. The number of hydrogen-bond acceptors (Lipinski definition) is 5. The van der Waals surface area contributed by atoms with Gasteiger partial charge in [-0.2, -0.15) is 0 Å². The molecule has 0 spiro atoms. The summed E-state index contributed by atoms with van der Waals surface area (Å²) in [5.74, 6) is 2.27. The molecule has 1 aliphatic heterocycles. The Labute approximate surface area is 113 Å². The van der Waals surface area contributed by atoms with E-state index >= 15 is 0 Å². The minimum atomic E-state index is -0.0995. The summed E-state index contributed by atoms with van der Waals surface area (Å²) in [6.07, 6.45) is 0. The van der Waals surface area contributed by atoms with Gasteiger partial charge in [0, 0.05) is 24.2 Å². The zero-order valence-corrected chi connectivity index (χ0v) is 11.9. The number of likely N-dealkylation sites (N-methyl/N-ethyl adjacent to an activating group) is 1. The maximum atomic E-state index is 5.52. The largest absolute Gasteiger partial charge is 0.496 e. The van der Waals surface area contributed by atoms with Gasteiger partial charge in [0.2, 0.25) is 0 Å². The number of nitrogens with one attached hydrogen (secondary N) is 1. The lowest BCUT2D eigenvalue weighted by molar-refractivity contribution is -0.0600. The molecule has 0 aromatic heterocycles. The van der Waals surface area contributed by atoms with Gasteiger partial charge in [-0.05, 0) is 7.05 Å². The molecule has 106 valence electrons. The molecule has 1 fully saturated rings. The molecule has 0 bridgehead atoms. The number of hydrogen-bond donors (Lipinski definition) is 1. The minimum Gasteiger partial charge on any atom is -0.496 e. The van der Waals surface area contributed by atoms with E-state index in [9.17, 15) is 0 Å². The van der Waals surface area contributed by atoms with Gasteiger partial charge in [0.1, 0.15) is 17.2 Å². The molecule has 0 unspecified atom stereocenters. The Morgan fingerprint density at radius 3 is 2.00 bits per heavy atom. The molecule has 1 heterocycles. The fourth-order valence-corrected chi connectivity index (χ4v) is 2.55. The predicted octanol–water partition coefficient (Wildman–Crippen LogP) is 1.20. The first-order valence-electron chi connectivity index (χ1n) is 6.23. The summed E-state index contributed by atoms with van der Waals surface area (Å²) in [5.41, 5.74) is 0.941. The Hall–Kier alpha value is -1.46. The van der Waals surface area contributed by atoms with Crippen LogP contribution in [0.25, 0.3) is 0 Å². The summed E-state index contributed by atoms with van der Waals surface area (Å²) in [5, 5.41) is 3.22. The van der Waals surface area contributed by atoms with Crippen molar-refractivity contribution in [1.82, 2.24) is 5.32 Å². The Morgan fingerprint density at radius 1 is 1.11 bits per heavy atom. The van der Waals surface area contributed by atoms with Crippen LogP contribution in [-0.4, -0.2) is 48.1 Å². The Balaban J connectivity index is 2.53. The van der Waals surface area contributed by atoms with Crippen LogP contribution >= 0.6 is 0 Å². The van der Waals surface area contributed by atoms with Crippen molar-refractivity contribution in [1.29, 1.82) is 0 Å². The second-order valence-electron chi connectivity index (χ2n) is 4.71. The number of rotatable bonds is 6. The van der Waals surface area contributed by atoms with Gasteiger partial charge in [-0.1, -0.05) is 0 Å². The molecule has 1 N–H and O–H groups in total. The number of methoxy groups -OCH3 is 3. The highest BCUT2D eigenvalue weighted by molar-refractivity contribution is 5.55. The van der Waals surface area contributed by atoms with Gasteiger partial charge < -0.3 is 24.3 Å². The van der Waals surface area contributed by atoms with Crippen LogP contribution in [0.15, 0.2) is 12.1 Å². The fraction of sp³-hybridized carbons (Fsp3) is 0.571. The van der Waals surface area contributed by atoms with E-state index in [-0.39, 0.29) is 5.41 Å². The maximum Gasteiger partial charge on any atom is 0.130 e. The summed E-state index contributed by atoms with van der Waals surface area (Å²) in [4.78, 5) is 0. The molecular weight excluding hydrogens is 246 g/mol. The zero-order valence-electron chi connectivity index (χ0n) is 11.9. The lowest BCUT2D eigenvalue weighted by Crippen LogP contribution is -2.53. The highest BCUT2D eigenvalue weighted by Gasteiger charge is 2.44. The van der Waals surface area contributed by atoms with Gasteiger partial charge in [0.25, 0.3) is 0 Å². The van der Waals surface area contributed by atoms with Crippen LogP contribution in [0.4, 0.5) is 0 Å². The van der Waals surface area contributed by atoms with Crippen LogP contribution in [0.1, 0.15) is 5.56 Å². The lowest BCUT2D eigenvalue weighted by atomic mass is 9.77. The summed E-state index contributed by atoms with van der Waals surface area (Å²) in [6, 6.07) is 3.77. The van der Waals surface area contributed by atoms with Gasteiger partial charge in [0.05, 0.1) is 40.0 Å². The second-order valence-corrected chi connectivity index (χ2v) is 4.71. The topological polar surface area (TPSA) is 49.0 Å². The molecule has 5 nitrogen and oxygen atoms in total. The average Bonchev–Trinajstić information content (AvgIpc) is 2.41. The Kier molecular flexibility index (Phi) is 4.17. The van der Waals surface area contributed by atoms with E-state index < -0.39 is 0 Å². The normalized spacial score (nSPS) is 16.6. The number of ether oxygens (including phenoxy) is 4. The van der Waals surface area contributed by atoms with Crippen LogP contribution in [-0.2, 0) is 10.2 Å². The molecule has 1 aromatic rings. The second kappa shape index (κ2) is 5.67. The first-order valence-corrected chi connectivity index (χ1v) is 6.23. The van der Waals surface area contributed by atoms with Crippen molar-refractivity contribution in [3.8, 4) is 17.2 Å². The van der Waals surface area contributed by atoms with E-state index in [1.807, 2.05) is 19.2 Å². The Bertz CT molecular complexity index is 418. The van der Waals surface area contributed by atoms with E-state index in [1.54, 1.807) is 21.3 Å². The maximum absolute atomic E-state index is 5.52. The third kappa shape index (κ3) is 2.35. The van der Waals surface area contributed by atoms with Gasteiger partial charge in [-0.25, -0.2) is 0 Å². The molecule has 19 heavy (non-hydrogen) atoms. The average molecular weight is 267 g/mol. The minimum absolute atomic E-state index is 0.0995. The summed E-state index contributed by atoms with van der Waals surface area (Å²) in [6.45, 7) is 2.13. The molecule has 0 amide bonds. The molecule has 0 saturated carbocycles. The Morgan fingerprint density at radius 2 is 1.68 bits per heavy atom. The van der Waals surface area contributed by atoms with E-state index in [0.29, 0.717) is 13.2 Å². The molecule has 2 rings (SSSR count). The van der Waals surface area contributed by atoms with Crippen molar-refractivity contribution in [2.45, 2.75) is 5.41 Å². The highest BCUT2D eigenvalue weighted by atomic mass is 16.5. The first kappa shape index (κ1) is 14.0. The van der Waals surface area contributed by atoms with Crippen molar-refractivity contribution >= 4 is 0 Å². The van der Waals surface area contributed by atoms with Crippen molar-refractivity contribution in [3.05, 3.63) is 17.7 Å². The number of benzene rings is 1. The van der Waals surface area contributed by atoms with Gasteiger partial charge in [0.15, 0.2) is 0 Å².